The Morgan fingerprint density at radius 2 is 1.81 bits per heavy atom. The van der Waals surface area contributed by atoms with Gasteiger partial charge in [-0.1, -0.05) is 0 Å². The van der Waals surface area contributed by atoms with Crippen molar-refractivity contribution in [3.05, 3.63) is 59.9 Å². The molecule has 1 N–H and O–H groups in total. The maximum absolute atomic E-state index is 12.9. The van der Waals surface area contributed by atoms with E-state index in [2.05, 4.69) is 10.5 Å². The lowest BCUT2D eigenvalue weighted by molar-refractivity contribution is -0.121. The lowest BCUT2D eigenvalue weighted by atomic mass is 10.2. The molecule has 0 aliphatic heterocycles. The Morgan fingerprint density at radius 1 is 1.19 bits per heavy atom. The number of nitrogens with one attached hydrogen (secondary N) is 1. The molecule has 7 nitrogen and oxygen atoms in total. The lowest BCUT2D eigenvalue weighted by Crippen LogP contribution is -2.36. The van der Waals surface area contributed by atoms with Crippen LogP contribution in [0.2, 0.25) is 0 Å². The second kappa shape index (κ2) is 9.24. The quantitative estimate of drug-likeness (QED) is 0.549. The van der Waals surface area contributed by atoms with Gasteiger partial charge in [-0.2, -0.15) is 9.41 Å². The number of likely N-dealkylation sites (N-methyl/N-ethyl adjacent to an activating group) is 1. The highest BCUT2D eigenvalue weighted by Gasteiger charge is 2.22. The third-order valence-electron chi connectivity index (χ3n) is 3.48. The highest BCUT2D eigenvalue weighted by molar-refractivity contribution is 7.89. The Morgan fingerprint density at radius 3 is 2.41 bits per heavy atom. The summed E-state index contributed by atoms with van der Waals surface area (Å²) in [6.07, 6.45) is 1.43. The first-order valence-electron chi connectivity index (χ1n) is 8.09. The number of ether oxygens (including phenoxy) is 1. The summed E-state index contributed by atoms with van der Waals surface area (Å²) in [5.74, 6) is -0.422. The average molecular weight is 393 g/mol. The van der Waals surface area contributed by atoms with Gasteiger partial charge in [0.05, 0.1) is 24.3 Å². The van der Waals surface area contributed by atoms with E-state index >= 15 is 0 Å². The molecular weight excluding hydrogens is 373 g/mol. The van der Waals surface area contributed by atoms with Gasteiger partial charge in [-0.15, -0.1) is 0 Å². The molecule has 144 valence electrons. The van der Waals surface area contributed by atoms with Crippen LogP contribution in [0.25, 0.3) is 0 Å². The van der Waals surface area contributed by atoms with E-state index < -0.39 is 28.3 Å². The van der Waals surface area contributed by atoms with E-state index in [-0.39, 0.29) is 4.90 Å². The van der Waals surface area contributed by atoms with Gasteiger partial charge >= 0.3 is 0 Å². The van der Waals surface area contributed by atoms with Gasteiger partial charge in [-0.05, 0) is 61.0 Å². The molecule has 0 spiro atoms. The number of rotatable bonds is 8. The van der Waals surface area contributed by atoms with E-state index in [4.69, 9.17) is 4.74 Å². The Labute approximate surface area is 157 Å². The maximum atomic E-state index is 12.9. The number of benzene rings is 2. The molecule has 0 saturated heterocycles. The molecule has 2 aromatic carbocycles. The second-order valence-corrected chi connectivity index (χ2v) is 7.56. The zero-order valence-electron chi connectivity index (χ0n) is 14.9. The van der Waals surface area contributed by atoms with Crippen LogP contribution in [-0.2, 0) is 14.8 Å². The molecule has 0 aliphatic carbocycles. The van der Waals surface area contributed by atoms with E-state index in [1.54, 1.807) is 24.3 Å². The topological polar surface area (TPSA) is 88.1 Å². The fourth-order valence-electron chi connectivity index (χ4n) is 2.10. The molecule has 0 atom stereocenters. The molecule has 0 aromatic heterocycles. The van der Waals surface area contributed by atoms with E-state index in [9.17, 15) is 17.6 Å². The normalized spacial score (nSPS) is 11.7. The molecule has 0 radical (unpaired) electrons. The van der Waals surface area contributed by atoms with Crippen LogP contribution in [0.15, 0.2) is 58.5 Å². The first kappa shape index (κ1) is 20.5. The summed E-state index contributed by atoms with van der Waals surface area (Å²) in [5.41, 5.74) is 3.01. The molecule has 0 heterocycles. The summed E-state index contributed by atoms with van der Waals surface area (Å²) < 4.78 is 43.8. The van der Waals surface area contributed by atoms with Gasteiger partial charge in [-0.25, -0.2) is 18.2 Å². The van der Waals surface area contributed by atoms with Crippen molar-refractivity contribution >= 4 is 22.1 Å². The van der Waals surface area contributed by atoms with Crippen molar-refractivity contribution < 1.29 is 22.3 Å². The molecule has 2 rings (SSSR count). The van der Waals surface area contributed by atoms with Gasteiger partial charge in [-0.3, -0.25) is 4.79 Å². The summed E-state index contributed by atoms with van der Waals surface area (Å²) in [6, 6.07) is 11.5. The standard InChI is InChI=1S/C18H20FN3O4S/c1-3-26-16-8-4-14(5-9-16)12-20-21-18(23)13-22(2)27(24,25)17-10-6-15(19)7-11-17/h4-12H,3,13H2,1-2H3,(H,21,23)/b20-12-. The third-order valence-corrected chi connectivity index (χ3v) is 5.30. The van der Waals surface area contributed by atoms with Gasteiger partial charge in [0.15, 0.2) is 0 Å². The zero-order chi connectivity index (χ0) is 19.9. The molecule has 27 heavy (non-hydrogen) atoms. The van der Waals surface area contributed by atoms with Crippen LogP contribution < -0.4 is 10.2 Å². The molecule has 0 fully saturated rings. The van der Waals surface area contributed by atoms with Crippen molar-refractivity contribution in [2.45, 2.75) is 11.8 Å². The van der Waals surface area contributed by atoms with Crippen LogP contribution in [-0.4, -0.2) is 45.0 Å². The first-order valence-corrected chi connectivity index (χ1v) is 9.53. The van der Waals surface area contributed by atoms with E-state index in [1.807, 2.05) is 6.92 Å². The monoisotopic (exact) mass is 393 g/mol. The fraction of sp³-hybridized carbons (Fsp3) is 0.222. The van der Waals surface area contributed by atoms with Gasteiger partial charge in [0, 0.05) is 7.05 Å². The molecule has 1 amide bonds. The number of carbonyl (C=O) groups excluding carboxylic acids is 1. The average Bonchev–Trinajstić information content (AvgIpc) is 2.63. The summed E-state index contributed by atoms with van der Waals surface area (Å²) in [6.45, 7) is 2.02. The predicted octanol–water partition coefficient (Wildman–Crippen LogP) is 2.00. The molecule has 9 heteroatoms. The van der Waals surface area contributed by atoms with Crippen molar-refractivity contribution in [1.29, 1.82) is 0 Å². The minimum atomic E-state index is -3.90. The van der Waals surface area contributed by atoms with Crippen molar-refractivity contribution in [1.82, 2.24) is 9.73 Å². The summed E-state index contributed by atoms with van der Waals surface area (Å²) in [4.78, 5) is 11.8. The highest BCUT2D eigenvalue weighted by atomic mass is 32.2. The summed E-state index contributed by atoms with van der Waals surface area (Å²) >= 11 is 0. The number of hydrazone groups is 1. The van der Waals surface area contributed by atoms with Crippen LogP contribution in [0.5, 0.6) is 5.75 Å². The lowest BCUT2D eigenvalue weighted by Gasteiger charge is -2.16. The summed E-state index contributed by atoms with van der Waals surface area (Å²) in [7, 11) is -2.64. The number of hydrogen-bond acceptors (Lipinski definition) is 5. The van der Waals surface area contributed by atoms with Gasteiger partial charge in [0.1, 0.15) is 11.6 Å². The SMILES string of the molecule is CCOc1ccc(/C=N\NC(=O)CN(C)S(=O)(=O)c2ccc(F)cc2)cc1. The largest absolute Gasteiger partial charge is 0.494 e. The third kappa shape index (κ3) is 5.87. The fourth-order valence-corrected chi connectivity index (χ4v) is 3.23. The van der Waals surface area contributed by atoms with Crippen LogP contribution in [0.4, 0.5) is 4.39 Å². The Hall–Kier alpha value is -2.78. The van der Waals surface area contributed by atoms with E-state index in [0.29, 0.717) is 6.61 Å². The van der Waals surface area contributed by atoms with Crippen molar-refractivity contribution in [3.63, 3.8) is 0 Å². The molecule has 0 aliphatic rings. The molecule has 0 unspecified atom stereocenters. The minimum Gasteiger partial charge on any atom is -0.494 e. The van der Waals surface area contributed by atoms with Crippen LogP contribution in [0, 0.1) is 5.82 Å². The van der Waals surface area contributed by atoms with E-state index in [0.717, 1.165) is 39.9 Å². The number of hydrogen-bond donors (Lipinski definition) is 1. The smallest absolute Gasteiger partial charge is 0.255 e. The Kier molecular flexibility index (Phi) is 7.03. The Balaban J connectivity index is 1.91. The second-order valence-electron chi connectivity index (χ2n) is 5.51. The number of nitrogens with zero attached hydrogens (tertiary/aromatic N) is 2. The van der Waals surface area contributed by atoms with Gasteiger partial charge in [0.2, 0.25) is 10.0 Å². The summed E-state index contributed by atoms with van der Waals surface area (Å²) in [5, 5.41) is 3.80. The first-order chi connectivity index (χ1) is 12.8. The molecule has 0 bridgehead atoms. The van der Waals surface area contributed by atoms with Crippen molar-refractivity contribution in [2.24, 2.45) is 5.10 Å². The van der Waals surface area contributed by atoms with Crippen LogP contribution in [0.1, 0.15) is 12.5 Å². The number of carbonyl (C=O) groups is 1. The van der Waals surface area contributed by atoms with E-state index in [1.165, 1.54) is 13.3 Å². The Bertz CT molecular complexity index is 897. The number of halogens is 1. The van der Waals surface area contributed by atoms with Crippen molar-refractivity contribution in [2.75, 3.05) is 20.2 Å². The number of amides is 1. The highest BCUT2D eigenvalue weighted by Crippen LogP contribution is 2.14. The van der Waals surface area contributed by atoms with Crippen LogP contribution >= 0.6 is 0 Å². The van der Waals surface area contributed by atoms with Gasteiger partial charge < -0.3 is 4.74 Å². The van der Waals surface area contributed by atoms with Gasteiger partial charge in [0.25, 0.3) is 5.91 Å². The predicted molar refractivity (Wildman–Crippen MR) is 99.6 cm³/mol. The van der Waals surface area contributed by atoms with Crippen LogP contribution in [0.3, 0.4) is 0 Å². The zero-order valence-corrected chi connectivity index (χ0v) is 15.7. The maximum Gasteiger partial charge on any atom is 0.255 e. The molecule has 2 aromatic rings. The number of sulfonamides is 1. The minimum absolute atomic E-state index is 0.0999. The molecule has 0 saturated carbocycles. The molecular formula is C18H20FN3O4S. The van der Waals surface area contributed by atoms with Crippen molar-refractivity contribution in [3.8, 4) is 5.75 Å².